The highest BCUT2D eigenvalue weighted by molar-refractivity contribution is 6.52. The number of rotatable bonds is 6. The number of halogens is 6. The van der Waals surface area contributed by atoms with Crippen LogP contribution < -0.4 is 10.6 Å². The van der Waals surface area contributed by atoms with Crippen molar-refractivity contribution in [1.29, 1.82) is 0 Å². The lowest BCUT2D eigenvalue weighted by atomic mass is 10.1. The minimum Gasteiger partial charge on any atom is -0.358 e. The molecule has 4 nitrogen and oxygen atoms in total. The van der Waals surface area contributed by atoms with Gasteiger partial charge in [-0.1, -0.05) is 40.9 Å². The molecule has 0 spiro atoms. The van der Waals surface area contributed by atoms with E-state index in [0.717, 1.165) is 5.56 Å². The lowest BCUT2D eigenvalue weighted by Crippen LogP contribution is -2.14. The second kappa shape index (κ2) is 9.05. The van der Waals surface area contributed by atoms with Crippen molar-refractivity contribution < 1.29 is 13.9 Å². The molecule has 1 heterocycles. The molecule has 1 amide bonds. The van der Waals surface area contributed by atoms with Gasteiger partial charge in [-0.15, -0.1) is 23.2 Å². The van der Waals surface area contributed by atoms with Gasteiger partial charge in [-0.05, 0) is 60.2 Å². The largest absolute Gasteiger partial charge is 0.358 e. The zero-order valence-electron chi connectivity index (χ0n) is 17.2. The van der Waals surface area contributed by atoms with Gasteiger partial charge in [-0.25, -0.2) is 4.39 Å². The van der Waals surface area contributed by atoms with E-state index in [4.69, 9.17) is 62.7 Å². The number of hydrogen-bond acceptors (Lipinski definition) is 3. The van der Waals surface area contributed by atoms with Crippen LogP contribution in [0, 0.1) is 11.7 Å². The van der Waals surface area contributed by atoms with Gasteiger partial charge in [0.25, 0.3) is 5.91 Å². The third kappa shape index (κ3) is 4.70. The van der Waals surface area contributed by atoms with Crippen molar-refractivity contribution in [3.63, 3.8) is 0 Å². The fourth-order valence-corrected chi connectivity index (χ4v) is 5.50. The van der Waals surface area contributed by atoms with E-state index in [0.29, 0.717) is 21.4 Å². The molecule has 3 aromatic rings. The van der Waals surface area contributed by atoms with Gasteiger partial charge in [0, 0.05) is 23.2 Å². The molecule has 10 heteroatoms. The van der Waals surface area contributed by atoms with E-state index in [1.165, 1.54) is 24.3 Å². The van der Waals surface area contributed by atoms with Crippen molar-refractivity contribution in [1.82, 2.24) is 0 Å². The molecule has 5 rings (SSSR count). The number of ether oxygens (including phenoxy) is 1. The van der Waals surface area contributed by atoms with Gasteiger partial charge < -0.3 is 15.4 Å². The number of carbonyl (C=O) groups is 1. The van der Waals surface area contributed by atoms with Crippen LogP contribution >= 0.6 is 58.0 Å². The van der Waals surface area contributed by atoms with E-state index in [1.807, 2.05) is 6.07 Å². The predicted molar refractivity (Wildman–Crippen MR) is 135 cm³/mol. The second-order valence-corrected chi connectivity index (χ2v) is 10.8. The summed E-state index contributed by atoms with van der Waals surface area (Å²) in [5, 5.41) is 7.11. The van der Waals surface area contributed by atoms with Crippen LogP contribution in [0.25, 0.3) is 0 Å². The van der Waals surface area contributed by atoms with Crippen LogP contribution in [-0.2, 0) is 4.74 Å². The molecule has 1 saturated carbocycles. The number of hydrogen-bond donors (Lipinski definition) is 2. The summed E-state index contributed by atoms with van der Waals surface area (Å²) in [6.07, 6.45) is -0.551. The van der Waals surface area contributed by atoms with Crippen LogP contribution in [0.15, 0.2) is 60.7 Å². The maximum Gasteiger partial charge on any atom is 0.257 e. The SMILES string of the molecule is O=C(Nc1ccc(F)cc1)c1cc(NC2OC2C2C(c3ccc(Cl)c(Cl)c3)C2(Cl)Cl)ccc1Cl. The van der Waals surface area contributed by atoms with Crippen molar-refractivity contribution in [3.8, 4) is 0 Å². The summed E-state index contributed by atoms with van der Waals surface area (Å²) in [5.41, 5.74) is 2.25. The van der Waals surface area contributed by atoms with Crippen LogP contribution in [0.3, 0.4) is 0 Å². The summed E-state index contributed by atoms with van der Waals surface area (Å²) in [7, 11) is 0. The van der Waals surface area contributed by atoms with Gasteiger partial charge in [-0.2, -0.15) is 0 Å². The highest BCUT2D eigenvalue weighted by atomic mass is 35.5. The fourth-order valence-electron chi connectivity index (χ4n) is 4.09. The molecule has 1 aliphatic heterocycles. The van der Waals surface area contributed by atoms with Gasteiger partial charge in [0.05, 0.1) is 20.6 Å². The topological polar surface area (TPSA) is 53.7 Å². The third-order valence-electron chi connectivity index (χ3n) is 5.91. The van der Waals surface area contributed by atoms with E-state index in [1.54, 1.807) is 30.3 Å². The zero-order valence-corrected chi connectivity index (χ0v) is 20.9. The average molecular weight is 561 g/mol. The lowest BCUT2D eigenvalue weighted by Gasteiger charge is -2.10. The quantitative estimate of drug-likeness (QED) is 0.239. The Hall–Kier alpha value is -1.73. The lowest BCUT2D eigenvalue weighted by molar-refractivity contribution is 0.102. The maximum atomic E-state index is 13.1. The number of carbonyl (C=O) groups excluding carboxylic acids is 1. The van der Waals surface area contributed by atoms with Crippen molar-refractivity contribution >= 4 is 75.3 Å². The molecule has 3 aromatic carbocycles. The Morgan fingerprint density at radius 2 is 1.56 bits per heavy atom. The Bertz CT molecular complexity index is 1270. The van der Waals surface area contributed by atoms with Crippen molar-refractivity contribution in [2.75, 3.05) is 10.6 Å². The first-order valence-electron chi connectivity index (χ1n) is 10.3. The molecule has 2 N–H and O–H groups in total. The summed E-state index contributed by atoms with van der Waals surface area (Å²) in [4.78, 5) is 12.7. The molecule has 0 radical (unpaired) electrons. The summed E-state index contributed by atoms with van der Waals surface area (Å²) >= 11 is 31.5. The molecule has 2 fully saturated rings. The normalized spacial score (nSPS) is 24.4. The maximum absolute atomic E-state index is 13.1. The van der Waals surface area contributed by atoms with Crippen molar-refractivity contribution in [2.24, 2.45) is 5.92 Å². The van der Waals surface area contributed by atoms with Gasteiger partial charge in [0.15, 0.2) is 6.23 Å². The highest BCUT2D eigenvalue weighted by Gasteiger charge is 2.72. The molecule has 4 atom stereocenters. The summed E-state index contributed by atoms with van der Waals surface area (Å²) in [6, 6.07) is 15.8. The highest BCUT2D eigenvalue weighted by Crippen LogP contribution is 2.69. The van der Waals surface area contributed by atoms with Crippen LogP contribution in [0.1, 0.15) is 21.8 Å². The minimum atomic E-state index is -0.988. The molecule has 4 unspecified atom stereocenters. The van der Waals surface area contributed by atoms with E-state index in [-0.39, 0.29) is 34.8 Å². The predicted octanol–water partition coefficient (Wildman–Crippen LogP) is 7.76. The van der Waals surface area contributed by atoms with Crippen molar-refractivity contribution in [3.05, 3.63) is 92.7 Å². The standard InChI is InChI=1S/C24H16Cl5FN2O2/c25-16-8-6-14(10-15(16)22(33)31-13-4-2-12(30)3-5-13)32-23-21(34-23)20-19(24(20,28)29)11-1-7-17(26)18(27)9-11/h1-10,19-21,23,32H,(H,31,33). The molecule has 1 saturated heterocycles. The van der Waals surface area contributed by atoms with E-state index in [2.05, 4.69) is 10.6 Å². The molecular formula is C24H16Cl5FN2O2. The number of epoxide rings is 1. The number of nitrogens with one attached hydrogen (secondary N) is 2. The van der Waals surface area contributed by atoms with Gasteiger partial charge in [0.1, 0.15) is 16.3 Å². The Labute approximate surface area is 220 Å². The monoisotopic (exact) mass is 558 g/mol. The molecule has 1 aliphatic carbocycles. The van der Waals surface area contributed by atoms with Crippen LogP contribution in [0.4, 0.5) is 15.8 Å². The number of benzene rings is 3. The average Bonchev–Trinajstić information content (AvgIpc) is 3.67. The summed E-state index contributed by atoms with van der Waals surface area (Å²) < 4.78 is 17.9. The second-order valence-electron chi connectivity index (χ2n) is 8.17. The molecule has 176 valence electrons. The van der Waals surface area contributed by atoms with Crippen molar-refractivity contribution in [2.45, 2.75) is 22.6 Å². The number of anilines is 2. The number of alkyl halides is 2. The van der Waals surface area contributed by atoms with Crippen LogP contribution in [-0.4, -0.2) is 22.6 Å². The minimum absolute atomic E-state index is 0.140. The van der Waals surface area contributed by atoms with Gasteiger partial charge >= 0.3 is 0 Å². The summed E-state index contributed by atoms with van der Waals surface area (Å²) in [5.74, 6) is -1.10. The first kappa shape index (κ1) is 24.0. The van der Waals surface area contributed by atoms with Crippen LogP contribution in [0.5, 0.6) is 0 Å². The Morgan fingerprint density at radius 3 is 2.26 bits per heavy atom. The van der Waals surface area contributed by atoms with E-state index in [9.17, 15) is 9.18 Å². The zero-order chi connectivity index (χ0) is 24.2. The van der Waals surface area contributed by atoms with E-state index < -0.39 is 16.1 Å². The van der Waals surface area contributed by atoms with Gasteiger partial charge in [0.2, 0.25) is 0 Å². The Kier molecular flexibility index (Phi) is 6.38. The fraction of sp³-hybridized carbons (Fsp3) is 0.208. The van der Waals surface area contributed by atoms with Gasteiger partial charge in [-0.3, -0.25) is 4.79 Å². The first-order chi connectivity index (χ1) is 16.1. The molecular weight excluding hydrogens is 545 g/mol. The Balaban J connectivity index is 1.26. The number of amides is 1. The Morgan fingerprint density at radius 1 is 0.882 bits per heavy atom. The smallest absolute Gasteiger partial charge is 0.257 e. The van der Waals surface area contributed by atoms with Crippen LogP contribution in [0.2, 0.25) is 15.1 Å². The van der Waals surface area contributed by atoms with E-state index >= 15 is 0 Å². The molecule has 0 aromatic heterocycles. The first-order valence-corrected chi connectivity index (χ1v) is 12.2. The summed E-state index contributed by atoms with van der Waals surface area (Å²) in [6.45, 7) is 0. The molecule has 2 aliphatic rings. The molecule has 0 bridgehead atoms. The molecule has 34 heavy (non-hydrogen) atoms. The third-order valence-corrected chi connectivity index (χ3v) is 7.96.